The van der Waals surface area contributed by atoms with Crippen LogP contribution in [0.15, 0.2) is 30.5 Å². The van der Waals surface area contributed by atoms with Gasteiger partial charge in [0.05, 0.1) is 0 Å². The van der Waals surface area contributed by atoms with E-state index in [1.54, 1.807) is 17.9 Å². The van der Waals surface area contributed by atoms with Crippen molar-refractivity contribution in [2.75, 3.05) is 6.66 Å². The normalized spacial score (nSPS) is 15.1. The van der Waals surface area contributed by atoms with Gasteiger partial charge in [-0.2, -0.15) is 0 Å². The van der Waals surface area contributed by atoms with Crippen LogP contribution in [0.1, 0.15) is 0 Å². The second kappa shape index (κ2) is 3.40. The van der Waals surface area contributed by atoms with Gasteiger partial charge in [-0.05, 0) is 11.2 Å². The number of benzene rings is 1. The number of fused-ring (bicyclic) bond motifs is 1. The van der Waals surface area contributed by atoms with Gasteiger partial charge in [0, 0.05) is 12.1 Å². The summed E-state index contributed by atoms with van der Waals surface area (Å²) < 4.78 is 13.3. The molecule has 1 atom stereocenters. The van der Waals surface area contributed by atoms with E-state index in [0.29, 0.717) is 5.30 Å². The van der Waals surface area contributed by atoms with Crippen molar-refractivity contribution in [2.45, 2.75) is 0 Å². The highest BCUT2D eigenvalue weighted by atomic mass is 31.2. The molecule has 0 saturated heterocycles. The van der Waals surface area contributed by atoms with E-state index in [1.165, 1.54) is 6.66 Å². The number of rotatable bonds is 1. The van der Waals surface area contributed by atoms with Crippen LogP contribution in [-0.4, -0.2) is 16.7 Å². The van der Waals surface area contributed by atoms with Gasteiger partial charge in [0.2, 0.25) is 13.6 Å². The molecule has 0 radical (unpaired) electrons. The van der Waals surface area contributed by atoms with Gasteiger partial charge in [-0.1, -0.05) is 22.9 Å². The summed E-state index contributed by atoms with van der Waals surface area (Å²) >= 11 is 0. The SMILES string of the molecule is C[n+]1cc(P(C)(=O)O)c2ccccc2n1. The van der Waals surface area contributed by atoms with Crippen molar-refractivity contribution in [3.63, 3.8) is 0 Å². The minimum atomic E-state index is -3.25. The molecular formula is C10H12N2O2P+. The van der Waals surface area contributed by atoms with Crippen molar-refractivity contribution >= 4 is 23.6 Å². The fourth-order valence-electron chi connectivity index (χ4n) is 1.55. The zero-order valence-electron chi connectivity index (χ0n) is 8.58. The Morgan fingerprint density at radius 1 is 1.40 bits per heavy atom. The van der Waals surface area contributed by atoms with E-state index in [1.807, 2.05) is 24.3 Å². The number of nitrogens with zero attached hydrogens (tertiary/aromatic N) is 2. The minimum Gasteiger partial charge on any atom is -0.341 e. The third-order valence-corrected chi connectivity index (χ3v) is 3.45. The highest BCUT2D eigenvalue weighted by molar-refractivity contribution is 7.65. The first kappa shape index (κ1) is 10.3. The maximum Gasteiger partial charge on any atom is 0.233 e. The molecule has 15 heavy (non-hydrogen) atoms. The van der Waals surface area contributed by atoms with Crippen molar-refractivity contribution in [1.29, 1.82) is 0 Å². The Balaban J connectivity index is 2.89. The topological polar surface area (TPSA) is 54.1 Å². The van der Waals surface area contributed by atoms with E-state index >= 15 is 0 Å². The molecule has 0 saturated carbocycles. The maximum absolute atomic E-state index is 11.7. The Bertz CT molecular complexity index is 562. The van der Waals surface area contributed by atoms with Gasteiger partial charge in [0.25, 0.3) is 0 Å². The molecule has 0 aliphatic carbocycles. The Hall–Kier alpha value is -1.25. The van der Waals surface area contributed by atoms with E-state index in [2.05, 4.69) is 5.10 Å². The molecule has 1 heterocycles. The summed E-state index contributed by atoms with van der Waals surface area (Å²) in [6.07, 6.45) is 1.60. The molecule has 78 valence electrons. The average molecular weight is 223 g/mol. The van der Waals surface area contributed by atoms with Gasteiger partial charge in [0.15, 0.2) is 7.05 Å². The van der Waals surface area contributed by atoms with Gasteiger partial charge in [-0.15, -0.1) is 0 Å². The van der Waals surface area contributed by atoms with Crippen molar-refractivity contribution in [3.05, 3.63) is 30.5 Å². The molecule has 0 aliphatic heterocycles. The molecule has 0 amide bonds. The first-order valence-corrected chi connectivity index (χ1v) is 6.66. The molecule has 1 N–H and O–H groups in total. The molecule has 2 aromatic rings. The highest BCUT2D eigenvalue weighted by Crippen LogP contribution is 2.35. The predicted molar refractivity (Wildman–Crippen MR) is 58.3 cm³/mol. The third-order valence-electron chi connectivity index (χ3n) is 2.20. The standard InChI is InChI=1S/C10H11N2O2P/c1-12-7-10(15(2,13)14)8-5-3-4-6-9(8)11-12/h3-7H,1-2H3/p+1. The first-order chi connectivity index (χ1) is 6.98. The van der Waals surface area contributed by atoms with E-state index in [-0.39, 0.29) is 0 Å². The molecule has 4 nitrogen and oxygen atoms in total. The van der Waals surface area contributed by atoms with Crippen LogP contribution in [0.5, 0.6) is 0 Å². The smallest absolute Gasteiger partial charge is 0.233 e. The fourth-order valence-corrected chi connectivity index (χ4v) is 2.57. The van der Waals surface area contributed by atoms with Crippen molar-refractivity contribution < 1.29 is 14.1 Å². The maximum atomic E-state index is 11.7. The van der Waals surface area contributed by atoms with Crippen LogP contribution in [0.2, 0.25) is 0 Å². The fraction of sp³-hybridized carbons (Fsp3) is 0.200. The summed E-state index contributed by atoms with van der Waals surface area (Å²) in [5.74, 6) is 0. The number of hydrogen-bond donors (Lipinski definition) is 1. The molecule has 0 spiro atoms. The molecular weight excluding hydrogens is 211 g/mol. The highest BCUT2D eigenvalue weighted by Gasteiger charge is 2.21. The quantitative estimate of drug-likeness (QED) is 0.568. The Morgan fingerprint density at radius 3 is 2.73 bits per heavy atom. The van der Waals surface area contributed by atoms with Crippen LogP contribution in [0.4, 0.5) is 0 Å². The van der Waals surface area contributed by atoms with Gasteiger partial charge in [-0.3, -0.25) is 4.57 Å². The molecule has 2 rings (SSSR count). The van der Waals surface area contributed by atoms with Crippen LogP contribution < -0.4 is 9.99 Å². The molecule has 1 unspecified atom stereocenters. The lowest BCUT2D eigenvalue weighted by Gasteiger charge is -2.05. The van der Waals surface area contributed by atoms with E-state index in [4.69, 9.17) is 0 Å². The van der Waals surface area contributed by atoms with Crippen LogP contribution in [-0.2, 0) is 11.6 Å². The minimum absolute atomic E-state index is 0.454. The molecule has 1 aromatic carbocycles. The van der Waals surface area contributed by atoms with Crippen LogP contribution >= 0.6 is 7.37 Å². The van der Waals surface area contributed by atoms with E-state index in [0.717, 1.165) is 10.9 Å². The summed E-state index contributed by atoms with van der Waals surface area (Å²) in [4.78, 5) is 9.63. The van der Waals surface area contributed by atoms with Crippen molar-refractivity contribution in [1.82, 2.24) is 5.10 Å². The summed E-state index contributed by atoms with van der Waals surface area (Å²) in [6, 6.07) is 7.33. The second-order valence-electron chi connectivity index (χ2n) is 3.58. The molecule has 0 bridgehead atoms. The largest absolute Gasteiger partial charge is 0.341 e. The Labute approximate surface area is 87.6 Å². The molecule has 0 fully saturated rings. The lowest BCUT2D eigenvalue weighted by molar-refractivity contribution is -0.727. The second-order valence-corrected chi connectivity index (χ2v) is 5.82. The van der Waals surface area contributed by atoms with Crippen molar-refractivity contribution in [3.8, 4) is 0 Å². The summed E-state index contributed by atoms with van der Waals surface area (Å²) in [5.41, 5.74) is 0.730. The summed E-state index contributed by atoms with van der Waals surface area (Å²) in [6.45, 7) is 1.34. The zero-order valence-corrected chi connectivity index (χ0v) is 9.48. The monoisotopic (exact) mass is 223 g/mol. The Morgan fingerprint density at radius 2 is 2.07 bits per heavy atom. The van der Waals surface area contributed by atoms with Crippen LogP contribution in [0, 0.1) is 0 Å². The predicted octanol–water partition coefficient (Wildman–Crippen LogP) is 0.585. The molecule has 0 aliphatic rings. The van der Waals surface area contributed by atoms with E-state index in [9.17, 15) is 9.46 Å². The number of aromatic nitrogens is 2. The summed E-state index contributed by atoms with van der Waals surface area (Å²) in [7, 11) is -1.51. The summed E-state index contributed by atoms with van der Waals surface area (Å²) in [5, 5.41) is 5.43. The third kappa shape index (κ3) is 1.91. The van der Waals surface area contributed by atoms with Crippen molar-refractivity contribution in [2.24, 2.45) is 7.05 Å². The lowest BCUT2D eigenvalue weighted by atomic mass is 10.2. The van der Waals surface area contributed by atoms with Gasteiger partial charge < -0.3 is 4.89 Å². The average Bonchev–Trinajstić information content (AvgIpc) is 2.15. The van der Waals surface area contributed by atoms with Gasteiger partial charge in [0.1, 0.15) is 10.8 Å². The first-order valence-electron chi connectivity index (χ1n) is 4.55. The van der Waals surface area contributed by atoms with Gasteiger partial charge >= 0.3 is 0 Å². The lowest BCUT2D eigenvalue weighted by Crippen LogP contribution is -2.36. The number of hydrogen-bond acceptors (Lipinski definition) is 2. The Kier molecular flexibility index (Phi) is 2.33. The zero-order chi connectivity index (χ0) is 11.1. The number of aryl methyl sites for hydroxylation is 1. The van der Waals surface area contributed by atoms with Crippen LogP contribution in [0.25, 0.3) is 10.9 Å². The molecule has 1 aromatic heterocycles. The molecule has 5 heteroatoms. The van der Waals surface area contributed by atoms with Gasteiger partial charge in [-0.25, -0.2) is 0 Å². The van der Waals surface area contributed by atoms with E-state index < -0.39 is 7.37 Å². The van der Waals surface area contributed by atoms with Crippen LogP contribution in [0.3, 0.4) is 0 Å².